The Hall–Kier alpha value is -4.83. The molecule has 1 heterocycles. The average molecular weight is 541 g/mol. The molecule has 1 aromatic heterocycles. The fourth-order valence-electron chi connectivity index (χ4n) is 3.37. The lowest BCUT2D eigenvalue weighted by molar-refractivity contribution is -0.274. The maximum Gasteiger partial charge on any atom is 0.573 e. The van der Waals surface area contributed by atoms with Crippen molar-refractivity contribution in [3.05, 3.63) is 66.9 Å². The minimum absolute atomic E-state index is 0.0434. The zero-order valence-corrected chi connectivity index (χ0v) is 21.5. The molecule has 0 saturated heterocycles. The molecule has 0 aliphatic carbocycles. The summed E-state index contributed by atoms with van der Waals surface area (Å²) in [5, 5.41) is 17.5. The highest BCUT2D eigenvalue weighted by atomic mass is 19.4. The Labute approximate surface area is 223 Å². The zero-order valence-electron chi connectivity index (χ0n) is 21.5. The van der Waals surface area contributed by atoms with Crippen molar-refractivity contribution >= 4 is 40.4 Å². The lowest BCUT2D eigenvalue weighted by Crippen LogP contribution is -2.29. The first-order valence-electron chi connectivity index (χ1n) is 11.6. The molecule has 3 rings (SSSR count). The molecule has 0 radical (unpaired) electrons. The van der Waals surface area contributed by atoms with Gasteiger partial charge in [0.05, 0.1) is 28.7 Å². The minimum atomic E-state index is -4.99. The smallest absolute Gasteiger partial charge is 0.403 e. The van der Waals surface area contributed by atoms with Crippen LogP contribution in [0, 0.1) is 11.3 Å². The van der Waals surface area contributed by atoms with Gasteiger partial charge in [-0.05, 0) is 50.5 Å². The van der Waals surface area contributed by atoms with Crippen LogP contribution in [0.4, 0.5) is 47.7 Å². The van der Waals surface area contributed by atoms with Crippen molar-refractivity contribution in [1.29, 1.82) is 5.26 Å². The highest BCUT2D eigenvalue weighted by Crippen LogP contribution is 2.40. The molecule has 0 spiro atoms. The van der Waals surface area contributed by atoms with E-state index in [1.54, 1.807) is 42.3 Å². The number of hydrogen-bond donors (Lipinski definition) is 3. The third kappa shape index (κ3) is 8.61. The third-order valence-corrected chi connectivity index (χ3v) is 5.23. The molecule has 0 unspecified atom stereocenters. The van der Waals surface area contributed by atoms with Gasteiger partial charge < -0.3 is 30.5 Å². The Kier molecular flexibility index (Phi) is 9.29. The van der Waals surface area contributed by atoms with E-state index in [0.717, 1.165) is 6.08 Å². The van der Waals surface area contributed by atoms with E-state index >= 15 is 0 Å². The molecule has 0 saturated carbocycles. The molecule has 2 aromatic carbocycles. The summed E-state index contributed by atoms with van der Waals surface area (Å²) in [7, 11) is 5.41. The number of ether oxygens (including phenoxy) is 1. The predicted octanol–water partition coefficient (Wildman–Crippen LogP) is 4.86. The average Bonchev–Trinajstić information content (AvgIpc) is 2.88. The molecule has 13 heteroatoms. The molecule has 0 fully saturated rings. The second kappa shape index (κ2) is 12.6. The number of aromatic nitrogens is 2. The summed E-state index contributed by atoms with van der Waals surface area (Å²) in [4.78, 5) is 24.1. The zero-order chi connectivity index (χ0) is 28.6. The van der Waals surface area contributed by atoms with E-state index in [9.17, 15) is 18.0 Å². The summed E-state index contributed by atoms with van der Waals surface area (Å²) in [5.74, 6) is -0.816. The number of amides is 1. The predicted molar refractivity (Wildman–Crippen MR) is 144 cm³/mol. The minimum Gasteiger partial charge on any atom is -0.403 e. The van der Waals surface area contributed by atoms with E-state index in [4.69, 9.17) is 5.26 Å². The number of carbonyl (C=O) groups is 1. The van der Waals surface area contributed by atoms with Crippen LogP contribution in [0.25, 0.3) is 0 Å². The topological polar surface area (TPSA) is 118 Å². The van der Waals surface area contributed by atoms with Gasteiger partial charge in [-0.25, -0.2) is 4.98 Å². The van der Waals surface area contributed by atoms with Gasteiger partial charge in [0, 0.05) is 38.1 Å². The van der Waals surface area contributed by atoms with E-state index in [1.165, 1.54) is 18.3 Å². The molecule has 3 N–H and O–H groups in total. The van der Waals surface area contributed by atoms with Crippen molar-refractivity contribution in [2.24, 2.45) is 0 Å². The SMILES string of the molecule is C=CC(=O)Nc1cc(Nc2nccc(Nc3cccc(C#N)c3)n2)c(OC(F)(F)F)cc1N(C)CCN(C)C. The van der Waals surface area contributed by atoms with Gasteiger partial charge >= 0.3 is 6.36 Å². The van der Waals surface area contributed by atoms with Crippen LogP contribution in [0.1, 0.15) is 5.56 Å². The van der Waals surface area contributed by atoms with Crippen LogP contribution in [0.15, 0.2) is 61.3 Å². The Bertz CT molecular complexity index is 1370. The van der Waals surface area contributed by atoms with Crippen LogP contribution in [0.3, 0.4) is 0 Å². The number of hydrogen-bond acceptors (Lipinski definition) is 9. The van der Waals surface area contributed by atoms with Gasteiger partial charge in [-0.3, -0.25) is 4.79 Å². The highest BCUT2D eigenvalue weighted by molar-refractivity contribution is 6.02. The Morgan fingerprint density at radius 1 is 1.13 bits per heavy atom. The number of alkyl halides is 3. The second-order valence-electron chi connectivity index (χ2n) is 8.54. The monoisotopic (exact) mass is 540 g/mol. The first-order chi connectivity index (χ1) is 18.5. The van der Waals surface area contributed by atoms with Gasteiger partial charge in [0.1, 0.15) is 5.82 Å². The number of carbonyl (C=O) groups excluding carboxylic acids is 1. The number of nitriles is 1. The summed E-state index contributed by atoms with van der Waals surface area (Å²) in [6.07, 6.45) is -2.53. The normalized spacial score (nSPS) is 10.9. The quantitative estimate of drug-likeness (QED) is 0.293. The van der Waals surface area contributed by atoms with Crippen molar-refractivity contribution in [2.45, 2.75) is 6.36 Å². The van der Waals surface area contributed by atoms with E-state index in [0.29, 0.717) is 35.8 Å². The van der Waals surface area contributed by atoms with E-state index in [1.807, 2.05) is 25.1 Å². The molecule has 0 bridgehead atoms. The molecule has 0 aliphatic heterocycles. The van der Waals surface area contributed by atoms with Gasteiger partial charge in [0.15, 0.2) is 5.75 Å². The first-order valence-corrected chi connectivity index (χ1v) is 11.6. The van der Waals surface area contributed by atoms with Crippen molar-refractivity contribution in [3.63, 3.8) is 0 Å². The van der Waals surface area contributed by atoms with E-state index in [-0.39, 0.29) is 17.3 Å². The van der Waals surface area contributed by atoms with Gasteiger partial charge in [0.25, 0.3) is 0 Å². The van der Waals surface area contributed by atoms with Crippen LogP contribution in [-0.4, -0.2) is 61.4 Å². The molecule has 39 heavy (non-hydrogen) atoms. The molecule has 3 aromatic rings. The largest absolute Gasteiger partial charge is 0.573 e. The molecule has 0 atom stereocenters. The molecule has 10 nitrogen and oxygen atoms in total. The summed E-state index contributed by atoms with van der Waals surface area (Å²) in [6.45, 7) is 4.49. The van der Waals surface area contributed by atoms with Crippen LogP contribution in [0.5, 0.6) is 5.75 Å². The molecule has 204 valence electrons. The van der Waals surface area contributed by atoms with Crippen LogP contribution < -0.4 is 25.6 Å². The number of halogens is 3. The molecular weight excluding hydrogens is 513 g/mol. The lowest BCUT2D eigenvalue weighted by atomic mass is 10.2. The van der Waals surface area contributed by atoms with Crippen molar-refractivity contribution in [2.75, 3.05) is 55.1 Å². The Morgan fingerprint density at radius 2 is 1.90 bits per heavy atom. The maximum atomic E-state index is 13.4. The Balaban J connectivity index is 2.00. The fourth-order valence-corrected chi connectivity index (χ4v) is 3.37. The number of nitrogens with zero attached hydrogens (tertiary/aromatic N) is 5. The lowest BCUT2D eigenvalue weighted by Gasteiger charge is -2.26. The third-order valence-electron chi connectivity index (χ3n) is 5.23. The van der Waals surface area contributed by atoms with Gasteiger partial charge in [-0.1, -0.05) is 12.6 Å². The summed E-state index contributed by atoms with van der Waals surface area (Å²) in [6, 6.07) is 12.8. The van der Waals surface area contributed by atoms with E-state index < -0.39 is 18.0 Å². The highest BCUT2D eigenvalue weighted by Gasteiger charge is 2.33. The summed E-state index contributed by atoms with van der Waals surface area (Å²) in [5.41, 5.74) is 1.40. The van der Waals surface area contributed by atoms with Gasteiger partial charge in [-0.2, -0.15) is 10.2 Å². The first kappa shape index (κ1) is 28.7. The standard InChI is InChI=1S/C26H27F3N8O2/c1-5-24(38)33-19-14-20(22(39-26(27,28)29)15-21(19)37(4)12-11-36(2)3)34-25-31-10-9-23(35-25)32-18-8-6-7-17(13-18)16-30/h5-10,13-15H,1,11-12H2,2-4H3,(H,33,38)(H2,31,32,34,35). The number of rotatable bonds is 11. The number of benzene rings is 2. The number of nitrogens with one attached hydrogen (secondary N) is 3. The summed E-state index contributed by atoms with van der Waals surface area (Å²) < 4.78 is 44.4. The van der Waals surface area contributed by atoms with Crippen LogP contribution >= 0.6 is 0 Å². The number of anilines is 6. The Morgan fingerprint density at radius 3 is 2.56 bits per heavy atom. The molecule has 0 aliphatic rings. The van der Waals surface area contributed by atoms with Crippen molar-refractivity contribution in [3.8, 4) is 11.8 Å². The molecular formula is C26H27F3N8O2. The maximum absolute atomic E-state index is 13.4. The second-order valence-corrected chi connectivity index (χ2v) is 8.54. The number of likely N-dealkylation sites (N-methyl/N-ethyl adjacent to an activating group) is 2. The fraction of sp³-hybridized carbons (Fsp3) is 0.231. The van der Waals surface area contributed by atoms with Crippen molar-refractivity contribution in [1.82, 2.24) is 14.9 Å². The van der Waals surface area contributed by atoms with Crippen LogP contribution in [0.2, 0.25) is 0 Å². The van der Waals surface area contributed by atoms with Gasteiger partial charge in [0.2, 0.25) is 11.9 Å². The van der Waals surface area contributed by atoms with E-state index in [2.05, 4.69) is 37.2 Å². The van der Waals surface area contributed by atoms with Crippen molar-refractivity contribution < 1.29 is 22.7 Å². The van der Waals surface area contributed by atoms with Gasteiger partial charge in [-0.15, -0.1) is 13.2 Å². The van der Waals surface area contributed by atoms with Crippen LogP contribution in [-0.2, 0) is 4.79 Å². The molecule has 1 amide bonds. The summed E-state index contributed by atoms with van der Waals surface area (Å²) >= 11 is 0.